The van der Waals surface area contributed by atoms with E-state index in [1.807, 2.05) is 24.3 Å². The molecule has 2 aromatic heterocycles. The number of rotatable bonds is 9. The second kappa shape index (κ2) is 11.1. The molecule has 0 atom stereocenters. The number of urea groups is 1. The Balaban J connectivity index is 1.50. The quantitative estimate of drug-likeness (QED) is 0.325. The molecular weight excluding hydrogens is 450 g/mol. The van der Waals surface area contributed by atoms with Crippen LogP contribution in [0.4, 0.5) is 10.5 Å². The van der Waals surface area contributed by atoms with Gasteiger partial charge in [-0.1, -0.05) is 17.3 Å². The zero-order chi connectivity index (χ0) is 24.6. The molecule has 0 unspecified atom stereocenters. The lowest BCUT2D eigenvalue weighted by molar-refractivity contribution is 0.0526. The number of hydrogen-bond donors (Lipinski definition) is 1. The van der Waals surface area contributed by atoms with Crippen molar-refractivity contribution in [3.63, 3.8) is 0 Å². The number of para-hydroxylation sites is 1. The molecule has 1 N–H and O–H groups in total. The van der Waals surface area contributed by atoms with E-state index < -0.39 is 5.97 Å². The number of esters is 1. The van der Waals surface area contributed by atoms with Crippen LogP contribution >= 0.6 is 0 Å². The first kappa shape index (κ1) is 23.6. The van der Waals surface area contributed by atoms with Gasteiger partial charge < -0.3 is 28.6 Å². The summed E-state index contributed by atoms with van der Waals surface area (Å²) in [5.41, 5.74) is 2.26. The van der Waals surface area contributed by atoms with Crippen molar-refractivity contribution in [3.8, 4) is 17.1 Å². The molecule has 180 valence electrons. The summed E-state index contributed by atoms with van der Waals surface area (Å²) in [6.45, 7) is 2.43. The van der Waals surface area contributed by atoms with Gasteiger partial charge in [-0.25, -0.2) is 9.59 Å². The SMILES string of the molecule is CCOC(=O)c1ccc(NC(=O)N(Cc2cc(-c3ccccc3OC)on2)Cc2ccco2)cc1. The highest BCUT2D eigenvalue weighted by molar-refractivity contribution is 5.92. The number of nitrogens with one attached hydrogen (secondary N) is 1. The third kappa shape index (κ3) is 5.89. The Bertz CT molecular complexity index is 1260. The molecule has 0 bridgehead atoms. The summed E-state index contributed by atoms with van der Waals surface area (Å²) in [4.78, 5) is 26.5. The minimum absolute atomic E-state index is 0.173. The first-order valence-electron chi connectivity index (χ1n) is 11.0. The maximum absolute atomic E-state index is 13.1. The Kier molecular flexibility index (Phi) is 7.47. The number of amides is 2. The second-order valence-electron chi connectivity index (χ2n) is 7.55. The van der Waals surface area contributed by atoms with Crippen molar-refractivity contribution in [2.45, 2.75) is 20.0 Å². The van der Waals surface area contributed by atoms with E-state index in [4.69, 9.17) is 18.4 Å². The number of ether oxygens (including phenoxy) is 2. The largest absolute Gasteiger partial charge is 0.496 e. The number of furan rings is 1. The van der Waals surface area contributed by atoms with Gasteiger partial charge in [-0.3, -0.25) is 0 Å². The Hall–Kier alpha value is -4.53. The van der Waals surface area contributed by atoms with E-state index in [-0.39, 0.29) is 19.1 Å². The van der Waals surface area contributed by atoms with Gasteiger partial charge in [0.2, 0.25) is 0 Å². The van der Waals surface area contributed by atoms with Crippen LogP contribution in [0, 0.1) is 0 Å². The summed E-state index contributed by atoms with van der Waals surface area (Å²) in [5.74, 6) is 1.39. The predicted octanol–water partition coefficient (Wildman–Crippen LogP) is 5.35. The van der Waals surface area contributed by atoms with Crippen molar-refractivity contribution in [1.29, 1.82) is 0 Å². The molecule has 2 heterocycles. The predicted molar refractivity (Wildman–Crippen MR) is 128 cm³/mol. The monoisotopic (exact) mass is 475 g/mol. The fourth-order valence-corrected chi connectivity index (χ4v) is 3.45. The van der Waals surface area contributed by atoms with E-state index in [9.17, 15) is 9.59 Å². The highest BCUT2D eigenvalue weighted by atomic mass is 16.5. The molecule has 2 aromatic carbocycles. The molecule has 0 aliphatic heterocycles. The smallest absolute Gasteiger partial charge is 0.338 e. The van der Waals surface area contributed by atoms with Gasteiger partial charge in [0.1, 0.15) is 17.2 Å². The van der Waals surface area contributed by atoms with E-state index in [0.717, 1.165) is 5.56 Å². The van der Waals surface area contributed by atoms with Crippen molar-refractivity contribution in [1.82, 2.24) is 10.1 Å². The Labute approximate surface area is 202 Å². The Morgan fingerprint density at radius 3 is 2.54 bits per heavy atom. The first-order valence-corrected chi connectivity index (χ1v) is 11.0. The summed E-state index contributed by atoms with van der Waals surface area (Å²) in [7, 11) is 1.59. The number of aromatic nitrogens is 1. The molecule has 0 aliphatic carbocycles. The van der Waals surface area contributed by atoms with Gasteiger partial charge in [0.25, 0.3) is 0 Å². The molecule has 4 rings (SSSR count). The maximum Gasteiger partial charge on any atom is 0.338 e. The number of benzene rings is 2. The fraction of sp³-hybridized carbons (Fsp3) is 0.192. The summed E-state index contributed by atoms with van der Waals surface area (Å²) in [6.07, 6.45) is 1.55. The van der Waals surface area contributed by atoms with Gasteiger partial charge in [0, 0.05) is 11.8 Å². The molecular formula is C26H25N3O6. The number of anilines is 1. The molecule has 0 radical (unpaired) electrons. The van der Waals surface area contributed by atoms with Crippen molar-refractivity contribution >= 4 is 17.7 Å². The Morgan fingerprint density at radius 1 is 1.03 bits per heavy atom. The van der Waals surface area contributed by atoms with Gasteiger partial charge in [0.05, 0.1) is 44.2 Å². The second-order valence-corrected chi connectivity index (χ2v) is 7.55. The third-order valence-corrected chi connectivity index (χ3v) is 5.15. The van der Waals surface area contributed by atoms with Gasteiger partial charge in [-0.15, -0.1) is 0 Å². The van der Waals surface area contributed by atoms with Crippen LogP contribution in [0.15, 0.2) is 81.9 Å². The normalized spacial score (nSPS) is 10.6. The number of hydrogen-bond acceptors (Lipinski definition) is 7. The van der Waals surface area contributed by atoms with E-state index in [1.165, 1.54) is 0 Å². The lowest BCUT2D eigenvalue weighted by atomic mass is 10.1. The van der Waals surface area contributed by atoms with Gasteiger partial charge in [-0.05, 0) is 55.5 Å². The molecule has 35 heavy (non-hydrogen) atoms. The van der Waals surface area contributed by atoms with Crippen molar-refractivity contribution in [2.24, 2.45) is 0 Å². The lowest BCUT2D eigenvalue weighted by Gasteiger charge is -2.21. The summed E-state index contributed by atoms with van der Waals surface area (Å²) in [6, 6.07) is 18.9. The molecule has 9 nitrogen and oxygen atoms in total. The van der Waals surface area contributed by atoms with Crippen LogP contribution in [0.2, 0.25) is 0 Å². The fourth-order valence-electron chi connectivity index (χ4n) is 3.45. The minimum atomic E-state index is -0.415. The van der Waals surface area contributed by atoms with E-state index in [0.29, 0.717) is 40.8 Å². The number of methoxy groups -OCH3 is 1. The van der Waals surface area contributed by atoms with Crippen molar-refractivity contribution in [2.75, 3.05) is 19.0 Å². The highest BCUT2D eigenvalue weighted by Gasteiger charge is 2.20. The van der Waals surface area contributed by atoms with Crippen molar-refractivity contribution < 1.29 is 28.0 Å². The zero-order valence-corrected chi connectivity index (χ0v) is 19.4. The van der Waals surface area contributed by atoms with Gasteiger partial charge >= 0.3 is 12.0 Å². The number of nitrogens with zero attached hydrogens (tertiary/aromatic N) is 2. The molecule has 9 heteroatoms. The topological polar surface area (TPSA) is 107 Å². The Morgan fingerprint density at radius 2 is 1.83 bits per heavy atom. The van der Waals surface area contributed by atoms with Crippen LogP contribution in [-0.4, -0.2) is 35.8 Å². The maximum atomic E-state index is 13.1. The first-order chi connectivity index (χ1) is 17.1. The van der Waals surface area contributed by atoms with E-state index >= 15 is 0 Å². The van der Waals surface area contributed by atoms with Crippen LogP contribution in [-0.2, 0) is 17.8 Å². The van der Waals surface area contributed by atoms with Crippen LogP contribution in [0.5, 0.6) is 5.75 Å². The average Bonchev–Trinajstić information content (AvgIpc) is 3.56. The zero-order valence-electron chi connectivity index (χ0n) is 19.4. The van der Waals surface area contributed by atoms with Crippen LogP contribution in [0.25, 0.3) is 11.3 Å². The van der Waals surface area contributed by atoms with E-state index in [2.05, 4.69) is 10.5 Å². The molecule has 2 amide bonds. The van der Waals surface area contributed by atoms with Gasteiger partial charge in [0.15, 0.2) is 5.76 Å². The van der Waals surface area contributed by atoms with Crippen LogP contribution in [0.3, 0.4) is 0 Å². The van der Waals surface area contributed by atoms with Gasteiger partial charge in [-0.2, -0.15) is 0 Å². The minimum Gasteiger partial charge on any atom is -0.496 e. The van der Waals surface area contributed by atoms with Crippen molar-refractivity contribution in [3.05, 3.63) is 90.0 Å². The highest BCUT2D eigenvalue weighted by Crippen LogP contribution is 2.30. The standard InChI is InChI=1S/C26H25N3O6/c1-3-33-25(30)18-10-12-19(13-11-18)27-26(31)29(17-21-7-6-14-34-21)16-20-15-24(35-28-20)22-8-4-5-9-23(22)32-2/h4-15H,3,16-17H2,1-2H3,(H,27,31). The van der Waals surface area contributed by atoms with Crippen LogP contribution in [0.1, 0.15) is 28.7 Å². The lowest BCUT2D eigenvalue weighted by Crippen LogP contribution is -2.34. The molecule has 0 spiro atoms. The number of carbonyl (C=O) groups excluding carboxylic acids is 2. The van der Waals surface area contributed by atoms with E-state index in [1.54, 1.807) is 67.7 Å². The molecule has 4 aromatic rings. The summed E-state index contributed by atoms with van der Waals surface area (Å²) >= 11 is 0. The molecule has 0 aliphatic rings. The summed E-state index contributed by atoms with van der Waals surface area (Å²) < 4.78 is 21.4. The molecule has 0 saturated carbocycles. The van der Waals surface area contributed by atoms with Crippen LogP contribution < -0.4 is 10.1 Å². The number of carbonyl (C=O) groups is 2. The molecule has 0 saturated heterocycles. The average molecular weight is 476 g/mol. The third-order valence-electron chi connectivity index (χ3n) is 5.15. The molecule has 0 fully saturated rings. The summed E-state index contributed by atoms with van der Waals surface area (Å²) in [5, 5.41) is 6.99.